The Balaban J connectivity index is 1.66. The molecular weight excluding hydrogens is 382 g/mol. The second kappa shape index (κ2) is 8.01. The largest absolute Gasteiger partial charge is 0.369 e. The van der Waals surface area contributed by atoms with Crippen molar-refractivity contribution in [3.05, 3.63) is 72.3 Å². The minimum absolute atomic E-state index is 0.0759. The Labute approximate surface area is 161 Å². The molecule has 0 atom stereocenters. The van der Waals surface area contributed by atoms with Crippen LogP contribution >= 0.6 is 0 Å². The number of primary amides is 1. The van der Waals surface area contributed by atoms with E-state index in [1.165, 1.54) is 30.5 Å². The van der Waals surface area contributed by atoms with Crippen molar-refractivity contribution in [1.82, 2.24) is 14.8 Å². The summed E-state index contributed by atoms with van der Waals surface area (Å²) in [7, 11) is -3.81. The summed E-state index contributed by atoms with van der Waals surface area (Å²) < 4.78 is 25.6. The van der Waals surface area contributed by atoms with Gasteiger partial charge >= 0.3 is 0 Å². The molecule has 9 nitrogen and oxygen atoms in total. The fraction of sp³-hybridized carbons (Fsp3) is 0.111. The number of nitrogens with one attached hydrogen (secondary N) is 1. The lowest BCUT2D eigenvalue weighted by molar-refractivity contribution is -0.115. The third-order valence-electron chi connectivity index (χ3n) is 3.79. The summed E-state index contributed by atoms with van der Waals surface area (Å²) in [5.74, 6) is -2.14. The summed E-state index contributed by atoms with van der Waals surface area (Å²) in [4.78, 5) is 27.1. The van der Waals surface area contributed by atoms with Crippen molar-refractivity contribution >= 4 is 27.3 Å². The Hall–Kier alpha value is -3.53. The molecule has 0 unspecified atom stereocenters. The van der Waals surface area contributed by atoms with Crippen LogP contribution in [0, 0.1) is 0 Å². The van der Waals surface area contributed by atoms with Crippen molar-refractivity contribution in [3.8, 4) is 0 Å². The fourth-order valence-corrected chi connectivity index (χ4v) is 3.57. The van der Waals surface area contributed by atoms with E-state index in [0.717, 1.165) is 5.56 Å². The van der Waals surface area contributed by atoms with E-state index in [2.05, 4.69) is 15.4 Å². The van der Waals surface area contributed by atoms with E-state index in [9.17, 15) is 18.0 Å². The van der Waals surface area contributed by atoms with Gasteiger partial charge in [-0.2, -0.15) is 5.10 Å². The summed E-state index contributed by atoms with van der Waals surface area (Å²) >= 11 is 0. The first-order valence-electron chi connectivity index (χ1n) is 8.17. The van der Waals surface area contributed by atoms with Crippen LogP contribution < -0.4 is 11.1 Å². The quantitative estimate of drug-likeness (QED) is 0.604. The van der Waals surface area contributed by atoms with Gasteiger partial charge in [0.15, 0.2) is 9.84 Å². The highest BCUT2D eigenvalue weighted by molar-refractivity contribution is 7.92. The van der Waals surface area contributed by atoms with Gasteiger partial charge in [-0.15, -0.1) is 0 Å². The average molecular weight is 399 g/mol. The molecule has 3 aromatic rings. The summed E-state index contributed by atoms with van der Waals surface area (Å²) in [5.41, 5.74) is 6.72. The Morgan fingerprint density at radius 1 is 1.07 bits per heavy atom. The van der Waals surface area contributed by atoms with Crippen molar-refractivity contribution in [2.24, 2.45) is 5.73 Å². The second-order valence-corrected chi connectivity index (χ2v) is 7.98. The van der Waals surface area contributed by atoms with Gasteiger partial charge in [0.1, 0.15) is 5.75 Å². The van der Waals surface area contributed by atoms with E-state index in [1.807, 2.05) is 12.1 Å². The lowest BCUT2D eigenvalue weighted by atomic mass is 10.2. The third kappa shape index (κ3) is 4.80. The molecule has 2 heterocycles. The molecule has 10 heteroatoms. The number of amides is 2. The lowest BCUT2D eigenvalue weighted by Crippen LogP contribution is -2.23. The zero-order valence-corrected chi connectivity index (χ0v) is 15.5. The van der Waals surface area contributed by atoms with E-state index in [-0.39, 0.29) is 10.5 Å². The Bertz CT molecular complexity index is 1090. The monoisotopic (exact) mass is 399 g/mol. The van der Waals surface area contributed by atoms with Crippen LogP contribution in [0.5, 0.6) is 0 Å². The zero-order chi connectivity index (χ0) is 20.1. The zero-order valence-electron chi connectivity index (χ0n) is 14.6. The van der Waals surface area contributed by atoms with Gasteiger partial charge in [0.2, 0.25) is 5.91 Å². The topological polar surface area (TPSA) is 137 Å². The number of carbonyl (C=O) groups is 2. The van der Waals surface area contributed by atoms with E-state index < -0.39 is 27.4 Å². The molecule has 144 valence electrons. The number of carbonyl (C=O) groups excluding carboxylic acids is 2. The van der Waals surface area contributed by atoms with Gasteiger partial charge in [0, 0.05) is 24.2 Å². The minimum atomic E-state index is -3.81. The molecule has 0 fully saturated rings. The van der Waals surface area contributed by atoms with E-state index >= 15 is 0 Å². The number of hydrogen-bond donors (Lipinski definition) is 2. The molecule has 2 amide bonds. The summed E-state index contributed by atoms with van der Waals surface area (Å²) in [5, 5.41) is 6.89. The lowest BCUT2D eigenvalue weighted by Gasteiger charge is -2.05. The Morgan fingerprint density at radius 2 is 1.75 bits per heavy atom. The van der Waals surface area contributed by atoms with Crippen molar-refractivity contribution in [3.63, 3.8) is 0 Å². The molecule has 0 aliphatic rings. The van der Waals surface area contributed by atoms with Crippen molar-refractivity contribution in [1.29, 1.82) is 0 Å². The molecular formula is C18H17N5O4S. The molecule has 0 aliphatic carbocycles. The molecule has 0 aliphatic heterocycles. The normalized spacial score (nSPS) is 11.1. The SMILES string of the molecule is NC(=O)CS(=O)(=O)c1ccc(C(=O)Nc2cnn(Cc3ccncc3)c2)cc1. The van der Waals surface area contributed by atoms with Crippen LogP contribution in [0.4, 0.5) is 5.69 Å². The molecule has 0 bridgehead atoms. The Morgan fingerprint density at radius 3 is 2.39 bits per heavy atom. The number of anilines is 1. The van der Waals surface area contributed by atoms with Crippen molar-refractivity contribution in [2.75, 3.05) is 11.1 Å². The highest BCUT2D eigenvalue weighted by Crippen LogP contribution is 2.14. The maximum absolute atomic E-state index is 12.3. The molecule has 1 aromatic carbocycles. The van der Waals surface area contributed by atoms with E-state index in [0.29, 0.717) is 12.2 Å². The van der Waals surface area contributed by atoms with Gasteiger partial charge in [-0.25, -0.2) is 8.42 Å². The molecule has 3 N–H and O–H groups in total. The van der Waals surface area contributed by atoms with Crippen LogP contribution in [0.25, 0.3) is 0 Å². The summed E-state index contributed by atoms with van der Waals surface area (Å²) in [6, 6.07) is 9.00. The number of pyridine rings is 1. The maximum atomic E-state index is 12.3. The van der Waals surface area contributed by atoms with Crippen molar-refractivity contribution < 1.29 is 18.0 Å². The summed E-state index contributed by atoms with van der Waals surface area (Å²) in [6.07, 6.45) is 6.58. The van der Waals surface area contributed by atoms with Crippen LogP contribution in [0.3, 0.4) is 0 Å². The highest BCUT2D eigenvalue weighted by Gasteiger charge is 2.18. The highest BCUT2D eigenvalue weighted by atomic mass is 32.2. The van der Waals surface area contributed by atoms with Crippen LogP contribution in [-0.4, -0.2) is 40.7 Å². The number of hydrogen-bond acceptors (Lipinski definition) is 6. The first-order valence-corrected chi connectivity index (χ1v) is 9.82. The number of nitrogens with two attached hydrogens (primary N) is 1. The fourth-order valence-electron chi connectivity index (χ4n) is 2.48. The van der Waals surface area contributed by atoms with Crippen LogP contribution in [0.1, 0.15) is 15.9 Å². The first kappa shape index (κ1) is 19.2. The molecule has 2 aromatic heterocycles. The van der Waals surface area contributed by atoms with Crippen LogP contribution in [-0.2, 0) is 21.2 Å². The van der Waals surface area contributed by atoms with Crippen LogP contribution in [0.15, 0.2) is 66.1 Å². The third-order valence-corrected chi connectivity index (χ3v) is 5.45. The van der Waals surface area contributed by atoms with Gasteiger partial charge in [0.25, 0.3) is 5.91 Å². The standard InChI is InChI=1S/C18H17N5O4S/c19-17(24)12-28(26,27)16-3-1-14(2-4-16)18(25)22-15-9-21-23(11-15)10-13-5-7-20-8-6-13/h1-9,11H,10,12H2,(H2,19,24)(H,22,25). The molecule has 28 heavy (non-hydrogen) atoms. The van der Waals surface area contributed by atoms with Crippen LogP contribution in [0.2, 0.25) is 0 Å². The van der Waals surface area contributed by atoms with Crippen molar-refractivity contribution in [2.45, 2.75) is 11.4 Å². The maximum Gasteiger partial charge on any atom is 0.255 e. The number of benzene rings is 1. The minimum Gasteiger partial charge on any atom is -0.369 e. The molecule has 0 saturated heterocycles. The van der Waals surface area contributed by atoms with Gasteiger partial charge in [-0.05, 0) is 42.0 Å². The number of nitrogens with zero attached hydrogens (tertiary/aromatic N) is 3. The second-order valence-electron chi connectivity index (χ2n) is 5.99. The molecule has 0 radical (unpaired) electrons. The van der Waals surface area contributed by atoms with Gasteiger partial charge in [-0.3, -0.25) is 19.3 Å². The Kier molecular flexibility index (Phi) is 5.50. The van der Waals surface area contributed by atoms with E-state index in [1.54, 1.807) is 23.3 Å². The van der Waals surface area contributed by atoms with E-state index in [4.69, 9.17) is 5.73 Å². The predicted octanol–water partition coefficient (Wildman–Crippen LogP) is 0.838. The summed E-state index contributed by atoms with van der Waals surface area (Å²) in [6.45, 7) is 0.533. The van der Waals surface area contributed by atoms with Gasteiger partial charge < -0.3 is 11.1 Å². The average Bonchev–Trinajstić information content (AvgIpc) is 3.08. The molecule has 0 spiro atoms. The number of aromatic nitrogens is 3. The number of sulfone groups is 1. The van der Waals surface area contributed by atoms with Gasteiger partial charge in [-0.1, -0.05) is 0 Å². The first-order chi connectivity index (χ1) is 13.3. The smallest absolute Gasteiger partial charge is 0.255 e. The molecule has 3 rings (SSSR count). The number of rotatable bonds is 7. The predicted molar refractivity (Wildman–Crippen MR) is 101 cm³/mol. The van der Waals surface area contributed by atoms with Gasteiger partial charge in [0.05, 0.1) is 23.3 Å². The molecule has 0 saturated carbocycles.